The van der Waals surface area contributed by atoms with Crippen molar-refractivity contribution in [2.75, 3.05) is 19.1 Å². The summed E-state index contributed by atoms with van der Waals surface area (Å²) in [5, 5.41) is 0.597. The first-order valence-electron chi connectivity index (χ1n) is 9.45. The van der Waals surface area contributed by atoms with Crippen LogP contribution in [0, 0.1) is 0 Å². The predicted octanol–water partition coefficient (Wildman–Crippen LogP) is 6.27. The van der Waals surface area contributed by atoms with Crippen molar-refractivity contribution in [1.82, 2.24) is 0 Å². The Balaban J connectivity index is 1.79. The highest BCUT2D eigenvalue weighted by Gasteiger charge is 2.35. The predicted molar refractivity (Wildman–Crippen MR) is 130 cm³/mol. The van der Waals surface area contributed by atoms with E-state index in [0.717, 1.165) is 21.4 Å². The molecule has 1 saturated heterocycles. The van der Waals surface area contributed by atoms with E-state index < -0.39 is 0 Å². The summed E-state index contributed by atoms with van der Waals surface area (Å²) in [7, 11) is 3.19. The van der Waals surface area contributed by atoms with E-state index >= 15 is 0 Å². The summed E-state index contributed by atoms with van der Waals surface area (Å²) in [5.41, 5.74) is 2.31. The van der Waals surface area contributed by atoms with Gasteiger partial charge in [-0.15, -0.1) is 0 Å². The third-order valence-electron chi connectivity index (χ3n) is 4.59. The third kappa shape index (κ3) is 4.52. The molecular formula is C24H19BrN2O3S. The van der Waals surface area contributed by atoms with Crippen molar-refractivity contribution >= 4 is 56.2 Å². The maximum Gasteiger partial charge on any atom is 0.271 e. The lowest BCUT2D eigenvalue weighted by Crippen LogP contribution is -2.28. The fourth-order valence-corrected chi connectivity index (χ4v) is 4.62. The van der Waals surface area contributed by atoms with Crippen LogP contribution in [0.2, 0.25) is 0 Å². The molecule has 3 aromatic rings. The van der Waals surface area contributed by atoms with Crippen LogP contribution >= 0.6 is 27.7 Å². The smallest absolute Gasteiger partial charge is 0.271 e. The number of carbonyl (C=O) groups is 1. The van der Waals surface area contributed by atoms with Gasteiger partial charge in [0.15, 0.2) is 5.17 Å². The summed E-state index contributed by atoms with van der Waals surface area (Å²) < 4.78 is 11.6. The van der Waals surface area contributed by atoms with Gasteiger partial charge in [0.2, 0.25) is 0 Å². The highest BCUT2D eigenvalue weighted by Crippen LogP contribution is 2.40. The maximum atomic E-state index is 13.4. The van der Waals surface area contributed by atoms with Crippen molar-refractivity contribution in [3.63, 3.8) is 0 Å². The average molecular weight is 495 g/mol. The van der Waals surface area contributed by atoms with Gasteiger partial charge < -0.3 is 9.47 Å². The molecule has 1 fully saturated rings. The van der Waals surface area contributed by atoms with Crippen LogP contribution in [0.4, 0.5) is 11.4 Å². The number of benzene rings is 3. The molecule has 0 spiro atoms. The summed E-state index contributed by atoms with van der Waals surface area (Å²) in [4.78, 5) is 20.3. The molecule has 0 bridgehead atoms. The Bertz CT molecular complexity index is 1160. The first kappa shape index (κ1) is 21.2. The lowest BCUT2D eigenvalue weighted by Gasteiger charge is -2.15. The highest BCUT2D eigenvalue weighted by atomic mass is 79.9. The van der Waals surface area contributed by atoms with Gasteiger partial charge in [0, 0.05) is 11.6 Å². The maximum absolute atomic E-state index is 13.4. The summed E-state index contributed by atoms with van der Waals surface area (Å²) in [6.45, 7) is 0. The Hall–Kier alpha value is -3.03. The molecule has 156 valence electrons. The van der Waals surface area contributed by atoms with Gasteiger partial charge in [-0.1, -0.05) is 36.4 Å². The Labute approximate surface area is 193 Å². The van der Waals surface area contributed by atoms with Crippen LogP contribution in [0.25, 0.3) is 6.08 Å². The van der Waals surface area contributed by atoms with Crippen molar-refractivity contribution in [3.05, 3.63) is 87.7 Å². The first-order chi connectivity index (χ1) is 15.1. The molecular weight excluding hydrogens is 476 g/mol. The van der Waals surface area contributed by atoms with Gasteiger partial charge in [-0.2, -0.15) is 0 Å². The van der Waals surface area contributed by atoms with Crippen LogP contribution in [0.5, 0.6) is 11.5 Å². The first-order valence-corrected chi connectivity index (χ1v) is 11.1. The van der Waals surface area contributed by atoms with Crippen LogP contribution in [-0.4, -0.2) is 25.3 Å². The number of hydrogen-bond donors (Lipinski definition) is 0. The number of amides is 1. The number of methoxy groups -OCH3 is 2. The van der Waals surface area contributed by atoms with Crippen LogP contribution in [0.3, 0.4) is 0 Å². The van der Waals surface area contributed by atoms with Gasteiger partial charge in [-0.05, 0) is 64.1 Å². The minimum Gasteiger partial charge on any atom is -0.496 e. The second kappa shape index (κ2) is 9.41. The molecule has 0 unspecified atom stereocenters. The highest BCUT2D eigenvalue weighted by molar-refractivity contribution is 9.10. The Morgan fingerprint density at radius 2 is 1.58 bits per heavy atom. The van der Waals surface area contributed by atoms with Gasteiger partial charge in [-0.25, -0.2) is 4.99 Å². The van der Waals surface area contributed by atoms with E-state index in [-0.39, 0.29) is 5.91 Å². The molecule has 0 radical (unpaired) electrons. The van der Waals surface area contributed by atoms with Crippen molar-refractivity contribution < 1.29 is 14.3 Å². The number of aliphatic imine (C=N–C) groups is 1. The zero-order valence-electron chi connectivity index (χ0n) is 16.9. The van der Waals surface area contributed by atoms with Crippen molar-refractivity contribution in [1.29, 1.82) is 0 Å². The molecule has 1 aliphatic rings. The molecule has 5 nitrogen and oxygen atoms in total. The topological polar surface area (TPSA) is 51.1 Å². The summed E-state index contributed by atoms with van der Waals surface area (Å²) >= 11 is 4.84. The number of para-hydroxylation sites is 2. The van der Waals surface area contributed by atoms with E-state index in [2.05, 4.69) is 15.9 Å². The number of carbonyl (C=O) groups excluding carboxylic acids is 1. The van der Waals surface area contributed by atoms with E-state index in [1.54, 1.807) is 25.2 Å². The monoisotopic (exact) mass is 494 g/mol. The number of halogens is 1. The minimum atomic E-state index is -0.139. The number of hydrogen-bond acceptors (Lipinski definition) is 5. The Kier molecular flexibility index (Phi) is 6.44. The number of thioether (sulfide) groups is 1. The van der Waals surface area contributed by atoms with Crippen LogP contribution in [0.15, 0.2) is 87.2 Å². The van der Waals surface area contributed by atoms with Gasteiger partial charge >= 0.3 is 0 Å². The quantitative estimate of drug-likeness (QED) is 0.392. The SMILES string of the molecule is COc1cc(OC)c(/C=C2\SC(=Nc3ccccc3)N(c3ccccc3)C2=O)cc1Br. The molecule has 7 heteroatoms. The van der Waals surface area contributed by atoms with E-state index in [4.69, 9.17) is 14.5 Å². The Morgan fingerprint density at radius 3 is 2.23 bits per heavy atom. The molecule has 0 aromatic heterocycles. The van der Waals surface area contributed by atoms with E-state index in [1.165, 1.54) is 11.8 Å². The molecule has 31 heavy (non-hydrogen) atoms. The largest absolute Gasteiger partial charge is 0.496 e. The van der Waals surface area contributed by atoms with Crippen molar-refractivity contribution in [2.24, 2.45) is 4.99 Å². The number of anilines is 1. The average Bonchev–Trinajstić information content (AvgIpc) is 3.09. The number of rotatable bonds is 5. The van der Waals surface area contributed by atoms with E-state index in [0.29, 0.717) is 21.6 Å². The lowest BCUT2D eigenvalue weighted by atomic mass is 10.1. The van der Waals surface area contributed by atoms with Crippen molar-refractivity contribution in [2.45, 2.75) is 0 Å². The van der Waals surface area contributed by atoms with Crippen LogP contribution in [-0.2, 0) is 4.79 Å². The molecule has 1 amide bonds. The van der Waals surface area contributed by atoms with E-state index in [9.17, 15) is 4.79 Å². The second-order valence-electron chi connectivity index (χ2n) is 6.55. The van der Waals surface area contributed by atoms with Crippen molar-refractivity contribution in [3.8, 4) is 11.5 Å². The summed E-state index contributed by atoms with van der Waals surface area (Å²) in [6.07, 6.45) is 1.82. The van der Waals surface area contributed by atoms with Crippen LogP contribution in [0.1, 0.15) is 5.56 Å². The Morgan fingerprint density at radius 1 is 0.935 bits per heavy atom. The minimum absolute atomic E-state index is 0.139. The van der Waals surface area contributed by atoms with Gasteiger partial charge in [0.25, 0.3) is 5.91 Å². The zero-order valence-corrected chi connectivity index (χ0v) is 19.3. The molecule has 0 N–H and O–H groups in total. The van der Waals surface area contributed by atoms with Crippen LogP contribution < -0.4 is 14.4 Å². The zero-order chi connectivity index (χ0) is 21.8. The molecule has 0 atom stereocenters. The van der Waals surface area contributed by atoms with E-state index in [1.807, 2.05) is 72.8 Å². The normalized spacial score (nSPS) is 16.2. The molecule has 4 rings (SSSR count). The molecule has 3 aromatic carbocycles. The molecule has 1 heterocycles. The summed E-state index contributed by atoms with van der Waals surface area (Å²) in [6, 6.07) is 22.8. The van der Waals surface area contributed by atoms with Gasteiger partial charge in [0.05, 0.1) is 35.0 Å². The standard InChI is InChI=1S/C24H19BrN2O3S/c1-29-20-15-21(30-2)19(25)13-16(20)14-22-23(28)27(18-11-7-4-8-12-18)24(31-22)26-17-9-5-3-6-10-17/h3-15H,1-2H3/b22-14-,26-24?. The molecule has 0 saturated carbocycles. The molecule has 1 aliphatic heterocycles. The molecule has 0 aliphatic carbocycles. The summed E-state index contributed by atoms with van der Waals surface area (Å²) in [5.74, 6) is 1.13. The fourth-order valence-electron chi connectivity index (χ4n) is 3.10. The lowest BCUT2D eigenvalue weighted by molar-refractivity contribution is -0.113. The second-order valence-corrected chi connectivity index (χ2v) is 8.41. The number of nitrogens with zero attached hydrogens (tertiary/aromatic N) is 2. The number of ether oxygens (including phenoxy) is 2. The third-order valence-corrected chi connectivity index (χ3v) is 6.18. The fraction of sp³-hybridized carbons (Fsp3) is 0.0833. The van der Waals surface area contributed by atoms with Gasteiger partial charge in [0.1, 0.15) is 11.5 Å². The number of amidine groups is 1. The van der Waals surface area contributed by atoms with Gasteiger partial charge in [-0.3, -0.25) is 9.69 Å².